The van der Waals surface area contributed by atoms with Crippen molar-refractivity contribution in [1.82, 2.24) is 5.32 Å². The zero-order valence-electron chi connectivity index (χ0n) is 14.8. The van der Waals surface area contributed by atoms with Gasteiger partial charge in [0.15, 0.2) is 0 Å². The summed E-state index contributed by atoms with van der Waals surface area (Å²) in [6.45, 7) is 5.37. The van der Waals surface area contributed by atoms with Gasteiger partial charge in [0.25, 0.3) is 0 Å². The van der Waals surface area contributed by atoms with Crippen LogP contribution in [0, 0.1) is 17.2 Å². The summed E-state index contributed by atoms with van der Waals surface area (Å²) in [6, 6.07) is 10.3. The molecule has 0 radical (unpaired) electrons. The zero-order chi connectivity index (χ0) is 17.0. The normalized spacial score (nSPS) is 20.5. The van der Waals surface area contributed by atoms with Crippen LogP contribution < -0.4 is 10.1 Å². The summed E-state index contributed by atoms with van der Waals surface area (Å²) in [5.74, 6) is 1.58. The minimum Gasteiger partial charge on any atom is -0.494 e. The Hall–Kier alpha value is -1.57. The molecule has 1 fully saturated rings. The summed E-state index contributed by atoms with van der Waals surface area (Å²) in [6.07, 6.45) is 6.95. The van der Waals surface area contributed by atoms with Gasteiger partial charge in [-0.05, 0) is 42.9 Å². The Kier molecular flexibility index (Phi) is 8.65. The van der Waals surface area contributed by atoms with Crippen LogP contribution in [0.3, 0.4) is 0 Å². The zero-order valence-corrected chi connectivity index (χ0v) is 14.8. The first-order valence-electron chi connectivity index (χ1n) is 9.20. The van der Waals surface area contributed by atoms with Crippen LogP contribution in [0.5, 0.6) is 5.75 Å². The van der Waals surface area contributed by atoms with E-state index in [1.54, 1.807) is 0 Å². The first-order valence-corrected chi connectivity index (χ1v) is 9.20. The smallest absolute Gasteiger partial charge is 0.119 e. The molecule has 1 aromatic rings. The molecular formula is C20H30N2O2. The van der Waals surface area contributed by atoms with Gasteiger partial charge in [0, 0.05) is 19.5 Å². The Balaban J connectivity index is 1.60. The summed E-state index contributed by atoms with van der Waals surface area (Å²) in [5.41, 5.74) is 1.21. The molecule has 2 atom stereocenters. The monoisotopic (exact) mass is 330 g/mol. The molecule has 0 spiro atoms. The van der Waals surface area contributed by atoms with E-state index in [1.807, 2.05) is 12.1 Å². The lowest BCUT2D eigenvalue weighted by atomic mass is 9.88. The third-order valence-corrected chi connectivity index (χ3v) is 4.57. The molecule has 0 heterocycles. The lowest BCUT2D eigenvalue weighted by Crippen LogP contribution is -2.29. The predicted octanol–water partition coefficient (Wildman–Crippen LogP) is 4.05. The maximum atomic E-state index is 8.52. The van der Waals surface area contributed by atoms with Gasteiger partial charge in [-0.1, -0.05) is 31.9 Å². The summed E-state index contributed by atoms with van der Waals surface area (Å²) in [5, 5.41) is 12.0. The van der Waals surface area contributed by atoms with E-state index in [0.29, 0.717) is 25.0 Å². The highest BCUT2D eigenvalue weighted by Gasteiger charge is 2.21. The average Bonchev–Trinajstić information content (AvgIpc) is 2.60. The molecule has 2 rings (SSSR count). The summed E-state index contributed by atoms with van der Waals surface area (Å²) >= 11 is 0. The van der Waals surface area contributed by atoms with Crippen molar-refractivity contribution >= 4 is 0 Å². The number of nitrogens with zero attached hydrogens (tertiary/aromatic N) is 1. The first-order chi connectivity index (χ1) is 11.8. The van der Waals surface area contributed by atoms with Crippen molar-refractivity contribution in [2.75, 3.05) is 19.8 Å². The minimum atomic E-state index is 0.450. The molecule has 0 aliphatic heterocycles. The Morgan fingerprint density at radius 1 is 1.25 bits per heavy atom. The fourth-order valence-corrected chi connectivity index (χ4v) is 3.13. The van der Waals surface area contributed by atoms with Crippen molar-refractivity contribution in [1.29, 1.82) is 5.26 Å². The number of unbranched alkanes of at least 4 members (excludes halogenated alkanes) is 1. The summed E-state index contributed by atoms with van der Waals surface area (Å²) in [4.78, 5) is 0. The van der Waals surface area contributed by atoms with Crippen molar-refractivity contribution in [2.45, 2.75) is 58.1 Å². The molecule has 1 aliphatic carbocycles. The molecule has 0 amide bonds. The average molecular weight is 330 g/mol. The van der Waals surface area contributed by atoms with Crippen molar-refractivity contribution in [3.05, 3.63) is 29.8 Å². The molecular weight excluding hydrogens is 300 g/mol. The Labute approximate surface area is 146 Å². The van der Waals surface area contributed by atoms with Crippen LogP contribution in [-0.2, 0) is 11.3 Å². The van der Waals surface area contributed by atoms with E-state index in [1.165, 1.54) is 31.2 Å². The second kappa shape index (κ2) is 11.1. The second-order valence-corrected chi connectivity index (χ2v) is 6.61. The Morgan fingerprint density at radius 3 is 2.96 bits per heavy atom. The standard InChI is InChI=1S/C20H30N2O2/c1-17-7-2-3-10-20(17)24-14-12-22-16-18-8-6-9-19(15-18)23-13-5-4-11-21/h6,8-9,15,17,20,22H,2-5,7,10,12-14,16H2,1H3. The molecule has 1 aromatic carbocycles. The molecule has 4 heteroatoms. The third-order valence-electron chi connectivity index (χ3n) is 4.57. The molecule has 4 nitrogen and oxygen atoms in total. The number of nitrogens with one attached hydrogen (secondary N) is 1. The molecule has 1 N–H and O–H groups in total. The fourth-order valence-electron chi connectivity index (χ4n) is 3.13. The predicted molar refractivity (Wildman–Crippen MR) is 95.9 cm³/mol. The molecule has 1 aliphatic rings. The molecule has 24 heavy (non-hydrogen) atoms. The first kappa shape index (κ1) is 18.8. The Morgan fingerprint density at radius 2 is 2.12 bits per heavy atom. The maximum absolute atomic E-state index is 8.52. The summed E-state index contributed by atoms with van der Waals surface area (Å²) in [7, 11) is 0. The highest BCUT2D eigenvalue weighted by atomic mass is 16.5. The third kappa shape index (κ3) is 6.90. The molecule has 1 saturated carbocycles. The molecule has 132 valence electrons. The SMILES string of the molecule is CC1CCCCC1OCCNCc1cccc(OCCCC#N)c1. The van der Waals surface area contributed by atoms with E-state index >= 15 is 0 Å². The van der Waals surface area contributed by atoms with E-state index in [-0.39, 0.29) is 0 Å². The van der Waals surface area contributed by atoms with Gasteiger partial charge in [0.1, 0.15) is 5.75 Å². The highest BCUT2D eigenvalue weighted by molar-refractivity contribution is 5.28. The number of ether oxygens (including phenoxy) is 2. The second-order valence-electron chi connectivity index (χ2n) is 6.61. The maximum Gasteiger partial charge on any atom is 0.119 e. The van der Waals surface area contributed by atoms with E-state index in [0.717, 1.165) is 31.9 Å². The van der Waals surface area contributed by atoms with Crippen LogP contribution in [0.4, 0.5) is 0 Å². The molecule has 2 unspecified atom stereocenters. The van der Waals surface area contributed by atoms with Gasteiger partial charge >= 0.3 is 0 Å². The van der Waals surface area contributed by atoms with Crippen LogP contribution in [0.25, 0.3) is 0 Å². The van der Waals surface area contributed by atoms with Gasteiger partial charge in [-0.3, -0.25) is 0 Å². The number of benzene rings is 1. The molecule has 0 aromatic heterocycles. The van der Waals surface area contributed by atoms with Gasteiger partial charge in [-0.15, -0.1) is 0 Å². The van der Waals surface area contributed by atoms with E-state index in [9.17, 15) is 0 Å². The quantitative estimate of drug-likeness (QED) is 0.658. The van der Waals surface area contributed by atoms with Gasteiger partial charge in [0.2, 0.25) is 0 Å². The summed E-state index contributed by atoms with van der Waals surface area (Å²) < 4.78 is 11.7. The number of rotatable bonds is 10. The Bertz CT molecular complexity index is 513. The van der Waals surface area contributed by atoms with Crippen LogP contribution in [0.15, 0.2) is 24.3 Å². The van der Waals surface area contributed by atoms with Gasteiger partial charge in [-0.25, -0.2) is 0 Å². The number of hydrogen-bond acceptors (Lipinski definition) is 4. The number of hydrogen-bond donors (Lipinski definition) is 1. The largest absolute Gasteiger partial charge is 0.494 e. The van der Waals surface area contributed by atoms with Crippen LogP contribution in [0.1, 0.15) is 51.0 Å². The van der Waals surface area contributed by atoms with Crippen molar-refractivity contribution in [3.8, 4) is 11.8 Å². The number of nitriles is 1. The minimum absolute atomic E-state index is 0.450. The van der Waals surface area contributed by atoms with Gasteiger partial charge in [0.05, 0.1) is 25.4 Å². The van der Waals surface area contributed by atoms with Gasteiger partial charge in [-0.2, -0.15) is 5.26 Å². The van der Waals surface area contributed by atoms with E-state index in [4.69, 9.17) is 14.7 Å². The molecule has 0 bridgehead atoms. The van der Waals surface area contributed by atoms with Crippen molar-refractivity contribution in [2.24, 2.45) is 5.92 Å². The van der Waals surface area contributed by atoms with Crippen LogP contribution in [0.2, 0.25) is 0 Å². The fraction of sp³-hybridized carbons (Fsp3) is 0.650. The highest BCUT2D eigenvalue weighted by Crippen LogP contribution is 2.26. The lowest BCUT2D eigenvalue weighted by Gasteiger charge is -2.28. The van der Waals surface area contributed by atoms with Crippen LogP contribution >= 0.6 is 0 Å². The molecule has 0 saturated heterocycles. The van der Waals surface area contributed by atoms with Crippen molar-refractivity contribution in [3.63, 3.8) is 0 Å². The van der Waals surface area contributed by atoms with Crippen molar-refractivity contribution < 1.29 is 9.47 Å². The topological polar surface area (TPSA) is 54.3 Å². The van der Waals surface area contributed by atoms with E-state index in [2.05, 4.69) is 30.4 Å². The van der Waals surface area contributed by atoms with Gasteiger partial charge < -0.3 is 14.8 Å². The lowest BCUT2D eigenvalue weighted by molar-refractivity contribution is -0.00322. The van der Waals surface area contributed by atoms with Crippen LogP contribution in [-0.4, -0.2) is 25.9 Å². The van der Waals surface area contributed by atoms with E-state index < -0.39 is 0 Å².